The first-order chi connectivity index (χ1) is 27.8. The Morgan fingerprint density at radius 2 is 1.60 bits per heavy atom. The maximum absolute atomic E-state index is 14.4. The van der Waals surface area contributed by atoms with Crippen LogP contribution >= 0.6 is 0 Å². The minimum absolute atomic E-state index is 0.151. The molecule has 1 aromatic heterocycles. The summed E-state index contributed by atoms with van der Waals surface area (Å²) in [6.45, 7) is 16.5. The van der Waals surface area contributed by atoms with Crippen LogP contribution in [-0.2, 0) is 66.6 Å². The van der Waals surface area contributed by atoms with Crippen LogP contribution in [0.4, 0.5) is 0 Å². The van der Waals surface area contributed by atoms with Crippen molar-refractivity contribution in [3.05, 3.63) is 24.2 Å². The lowest BCUT2D eigenvalue weighted by Gasteiger charge is -2.79. The van der Waals surface area contributed by atoms with Crippen LogP contribution in [0, 0.1) is 34.0 Å². The predicted molar refractivity (Wildman–Crippen MR) is 198 cm³/mol. The Kier molecular flexibility index (Phi) is 8.41. The van der Waals surface area contributed by atoms with Crippen molar-refractivity contribution in [3.8, 4) is 0 Å². The summed E-state index contributed by atoms with van der Waals surface area (Å²) in [5.74, 6) is -8.52. The average molecular weight is 845 g/mol. The minimum atomic E-state index is -2.80. The van der Waals surface area contributed by atoms with Crippen molar-refractivity contribution >= 4 is 29.8 Å². The summed E-state index contributed by atoms with van der Waals surface area (Å²) in [5.41, 5.74) is -17.8. The number of esters is 5. The molecule has 5 heterocycles. The smallest absolute Gasteiger partial charge is 0.341 e. The molecule has 0 aromatic carbocycles. The molecular formula is C43H56O17. The number of cyclic esters (lactones) is 1. The van der Waals surface area contributed by atoms with E-state index in [4.69, 9.17) is 47.0 Å². The van der Waals surface area contributed by atoms with Crippen LogP contribution < -0.4 is 0 Å². The van der Waals surface area contributed by atoms with E-state index in [2.05, 4.69) is 0 Å². The molecule has 8 fully saturated rings. The van der Waals surface area contributed by atoms with E-state index in [9.17, 15) is 34.2 Å². The normalized spacial score (nSPS) is 51.6. The zero-order valence-electron chi connectivity index (χ0n) is 35.9. The van der Waals surface area contributed by atoms with Gasteiger partial charge in [0, 0.05) is 35.2 Å². The van der Waals surface area contributed by atoms with Gasteiger partial charge in [0.05, 0.1) is 44.0 Å². The zero-order valence-corrected chi connectivity index (χ0v) is 35.9. The maximum Gasteiger partial charge on any atom is 0.341 e. The number of aliphatic hydroxyl groups is 2. The Morgan fingerprint density at radius 1 is 0.933 bits per heavy atom. The van der Waals surface area contributed by atoms with Crippen molar-refractivity contribution in [3.63, 3.8) is 0 Å². The lowest BCUT2D eigenvalue weighted by atomic mass is 9.31. The molecule has 0 radical (unpaired) electrons. The minimum Gasteiger partial charge on any atom is -0.472 e. The largest absolute Gasteiger partial charge is 0.472 e. The topological polar surface area (TPSA) is 225 Å². The number of methoxy groups -OCH3 is 1. The molecule has 17 atom stereocenters. The molecule has 17 heteroatoms. The van der Waals surface area contributed by atoms with Gasteiger partial charge in [0.1, 0.15) is 29.5 Å². The van der Waals surface area contributed by atoms with Crippen molar-refractivity contribution in [1.82, 2.24) is 0 Å². The third-order valence-electron chi connectivity index (χ3n) is 16.8. The van der Waals surface area contributed by atoms with Crippen LogP contribution in [0.25, 0.3) is 0 Å². The average Bonchev–Trinajstić information content (AvgIpc) is 3.63. The number of hydrogen-bond donors (Lipinski definition) is 2. The molecule has 4 aliphatic heterocycles. The van der Waals surface area contributed by atoms with Crippen LogP contribution in [0.3, 0.4) is 0 Å². The lowest BCUT2D eigenvalue weighted by molar-refractivity contribution is -0.479. The monoisotopic (exact) mass is 844 g/mol. The van der Waals surface area contributed by atoms with Gasteiger partial charge in [-0.05, 0) is 45.1 Å². The molecule has 4 bridgehead atoms. The molecule has 9 rings (SSSR count). The van der Waals surface area contributed by atoms with Crippen molar-refractivity contribution in [2.45, 2.75) is 171 Å². The first-order valence-corrected chi connectivity index (χ1v) is 21.0. The highest BCUT2D eigenvalue weighted by molar-refractivity contribution is 5.83. The number of furan rings is 1. The summed E-state index contributed by atoms with van der Waals surface area (Å²) >= 11 is 0. The van der Waals surface area contributed by atoms with Crippen molar-refractivity contribution in [2.75, 3.05) is 7.11 Å². The number of fused-ring (bicyclic) bond motifs is 2. The van der Waals surface area contributed by atoms with E-state index in [1.54, 1.807) is 54.5 Å². The van der Waals surface area contributed by atoms with E-state index < -0.39 is 147 Å². The van der Waals surface area contributed by atoms with Gasteiger partial charge in [0.2, 0.25) is 0 Å². The van der Waals surface area contributed by atoms with Gasteiger partial charge in [0.25, 0.3) is 5.97 Å². The predicted octanol–water partition coefficient (Wildman–Crippen LogP) is 3.34. The Balaban J connectivity index is 1.41. The summed E-state index contributed by atoms with van der Waals surface area (Å²) < 4.78 is 63.7. The number of carbonyl (C=O) groups is 5. The molecule has 4 saturated carbocycles. The molecule has 4 aliphatic carbocycles. The first-order valence-electron chi connectivity index (χ1n) is 21.0. The summed E-state index contributed by atoms with van der Waals surface area (Å²) in [6.07, 6.45) is -5.20. The third-order valence-corrected chi connectivity index (χ3v) is 16.8. The molecule has 2 spiro atoms. The van der Waals surface area contributed by atoms with Crippen LogP contribution in [0.2, 0.25) is 0 Å². The summed E-state index contributed by atoms with van der Waals surface area (Å²) in [6, 6.07) is 1.62. The van der Waals surface area contributed by atoms with E-state index in [1.807, 2.05) is 6.92 Å². The third kappa shape index (κ3) is 4.28. The Morgan fingerprint density at radius 3 is 2.18 bits per heavy atom. The van der Waals surface area contributed by atoms with E-state index >= 15 is 0 Å². The highest BCUT2D eigenvalue weighted by Gasteiger charge is 3.07. The van der Waals surface area contributed by atoms with Crippen LogP contribution in [0.1, 0.15) is 113 Å². The van der Waals surface area contributed by atoms with Gasteiger partial charge in [-0.3, -0.25) is 19.2 Å². The van der Waals surface area contributed by atoms with E-state index in [0.29, 0.717) is 12.0 Å². The van der Waals surface area contributed by atoms with Crippen molar-refractivity contribution < 1.29 is 81.2 Å². The second-order valence-electron chi connectivity index (χ2n) is 20.0. The fourth-order valence-corrected chi connectivity index (χ4v) is 13.7. The van der Waals surface area contributed by atoms with Crippen molar-refractivity contribution in [2.24, 2.45) is 34.0 Å². The van der Waals surface area contributed by atoms with Crippen LogP contribution in [0.15, 0.2) is 23.0 Å². The van der Waals surface area contributed by atoms with Gasteiger partial charge in [-0.15, -0.1) is 0 Å². The number of epoxide rings is 1. The van der Waals surface area contributed by atoms with Gasteiger partial charge in [0.15, 0.2) is 28.5 Å². The van der Waals surface area contributed by atoms with Crippen LogP contribution in [0.5, 0.6) is 0 Å². The first kappa shape index (κ1) is 41.7. The molecular weight excluding hydrogens is 788 g/mol. The number of ether oxygens (including phenoxy) is 9. The highest BCUT2D eigenvalue weighted by atomic mass is 17.0. The number of rotatable bonds is 10. The van der Waals surface area contributed by atoms with E-state index in [0.717, 1.165) is 0 Å². The summed E-state index contributed by atoms with van der Waals surface area (Å²) in [7, 11) is 1.21. The molecule has 17 nitrogen and oxygen atoms in total. The van der Waals surface area contributed by atoms with Gasteiger partial charge in [-0.25, -0.2) is 4.79 Å². The van der Waals surface area contributed by atoms with Gasteiger partial charge in [-0.1, -0.05) is 48.5 Å². The molecule has 60 heavy (non-hydrogen) atoms. The molecule has 0 amide bonds. The van der Waals surface area contributed by atoms with E-state index in [1.165, 1.54) is 33.5 Å². The van der Waals surface area contributed by atoms with E-state index in [-0.39, 0.29) is 12.8 Å². The molecule has 0 unspecified atom stereocenters. The SMILES string of the molecule is CC[C@H](C)C(=O)O[C@@H]1C[C@]2(C)[C@H](c3ccoc3)OC(=O)C[C@]23O[C@@]2(C)O[C@@]34[C@H](OC(=O)C(C)C)[C@]3(O)[C@H](OC(=O)[C@]5(C)O[C@@H]5C)[C@@]5(C)C[C@@]3(O)[C@](C)([C@@H]5CC(=O)OC)[C@@]14O2. The summed E-state index contributed by atoms with van der Waals surface area (Å²) in [5, 5.41) is 28.1. The van der Waals surface area contributed by atoms with Crippen molar-refractivity contribution in [1.29, 1.82) is 0 Å². The fourth-order valence-electron chi connectivity index (χ4n) is 13.7. The molecule has 8 aliphatic rings. The quantitative estimate of drug-likeness (QED) is 0.196. The number of carbonyl (C=O) groups excluding carboxylic acids is 5. The van der Waals surface area contributed by atoms with Gasteiger partial charge in [-0.2, -0.15) is 0 Å². The lowest BCUT2D eigenvalue weighted by Crippen LogP contribution is -2.99. The standard InChI is InChI=1S/C43H56O17/c1-12-21(4)30(47)53-25-16-35(7)28(23-13-14-52-18-23)54-27(45)17-40(35)43-32(55-29(46)20(2)3)41(50)31(56-33(48)36(8)22(5)57-36)34(6)19-39(41,49)37(9,24(34)15-26(44)51-11)42(25,43)59-38(10,58-40)60-43/h13-14,18,20-22,24-25,28,31-32,49-50H,12,15-17,19H2,1-11H3/t21-,22+,24+,25+,28-,31+,32+,34-,35+,36+,37-,38+,39+,40-,41+,42-,43-/m0/s1. The molecule has 4 saturated heterocycles. The molecule has 2 N–H and O–H groups in total. The van der Waals surface area contributed by atoms with Crippen LogP contribution in [-0.4, -0.2) is 111 Å². The second kappa shape index (κ2) is 12.1. The van der Waals surface area contributed by atoms with Gasteiger partial charge < -0.3 is 57.3 Å². The molecule has 330 valence electrons. The zero-order chi connectivity index (χ0) is 43.8. The second-order valence-corrected chi connectivity index (χ2v) is 20.0. The van der Waals surface area contributed by atoms with Gasteiger partial charge >= 0.3 is 29.8 Å². The highest BCUT2D eigenvalue weighted by Crippen LogP contribution is 2.89. The maximum atomic E-state index is 14.4. The Bertz CT molecular complexity index is 2070. The fraction of sp³-hybridized carbons (Fsp3) is 0.791. The Hall–Kier alpha value is -3.61. The Labute approximate surface area is 347 Å². The molecule has 1 aromatic rings. The number of hydrogen-bond acceptors (Lipinski definition) is 17. The summed E-state index contributed by atoms with van der Waals surface area (Å²) in [4.78, 5) is 71.1.